The molecule has 0 aliphatic rings. The van der Waals surface area contributed by atoms with Gasteiger partial charge in [0.1, 0.15) is 17.2 Å². The fraction of sp³-hybridized carbons (Fsp3) is 0.333. The molecule has 11 nitrogen and oxygen atoms in total. The quantitative estimate of drug-likeness (QED) is 0.164. The van der Waals surface area contributed by atoms with Crippen LogP contribution in [0.3, 0.4) is 0 Å². The molecule has 1 unspecified atom stereocenters. The van der Waals surface area contributed by atoms with Crippen molar-refractivity contribution in [3.8, 4) is 5.88 Å². The van der Waals surface area contributed by atoms with E-state index in [-0.39, 0.29) is 38.7 Å². The number of aryl methyl sites for hydroxylation is 1. The van der Waals surface area contributed by atoms with Gasteiger partial charge in [0.05, 0.1) is 40.7 Å². The molecule has 0 amide bonds. The van der Waals surface area contributed by atoms with Gasteiger partial charge in [-0.2, -0.15) is 4.98 Å². The molecule has 0 radical (unpaired) electrons. The predicted octanol–water partition coefficient (Wildman–Crippen LogP) is 2.98. The number of aromatic nitrogens is 3. The lowest BCUT2D eigenvalue weighted by Gasteiger charge is -2.27. The molecule has 6 N–H and O–H groups in total. The zero-order chi connectivity index (χ0) is 30.6. The summed E-state index contributed by atoms with van der Waals surface area (Å²) in [5, 5.41) is 34.0. The molecular weight excluding hydrogens is 576 g/mol. The average Bonchev–Trinajstić information content (AvgIpc) is 2.91. The van der Waals surface area contributed by atoms with Crippen LogP contribution in [0.1, 0.15) is 25.5 Å². The Morgan fingerprint density at radius 1 is 1.24 bits per heavy atom. The van der Waals surface area contributed by atoms with Crippen molar-refractivity contribution in [3.63, 3.8) is 0 Å². The number of aliphatic hydroxyl groups is 2. The fourth-order valence-corrected chi connectivity index (χ4v) is 4.50. The number of rotatable bonds is 11. The van der Waals surface area contributed by atoms with Gasteiger partial charge in [0.2, 0.25) is 11.6 Å². The topological polar surface area (TPSA) is 153 Å². The third-order valence-corrected chi connectivity index (χ3v) is 6.68. The largest absolute Gasteiger partial charge is 0.477 e. The highest BCUT2D eigenvalue weighted by atomic mass is 35.5. The third-order valence-electron chi connectivity index (χ3n) is 6.17. The number of aliphatic hydroxyl groups excluding tert-OH is 1. The van der Waals surface area contributed by atoms with E-state index in [2.05, 4.69) is 15.3 Å². The molecule has 14 heteroatoms. The number of nitrogens with one attached hydrogen (secondary N) is 2. The zero-order valence-electron chi connectivity index (χ0n) is 23.4. The number of benzene rings is 1. The Hall–Kier alpha value is -3.55. The van der Waals surface area contributed by atoms with E-state index in [0.29, 0.717) is 17.3 Å². The first kappa shape index (κ1) is 32.0. The fourth-order valence-electron chi connectivity index (χ4n) is 4.13. The van der Waals surface area contributed by atoms with E-state index in [4.69, 9.17) is 33.3 Å². The average molecular weight is 610 g/mol. The standard InChI is InChI=1S/C27H32Cl2FN7O4/c1-13(2)22(34-19-11-32-27(36(3)4)35-24(19)41-6)20(21(31)26(39)40)23(14-7-8-16(29)17(30)9-14)33-18-10-15(28)12-37(5)25(18)38/h7-13,23,26,31,33-34,39-40H,1-6H3/p+1. The number of hydrogen-bond donors (Lipinski definition) is 5. The van der Waals surface area contributed by atoms with Gasteiger partial charge >= 0.3 is 0 Å². The molecule has 0 aliphatic heterocycles. The Balaban J connectivity index is 2.35. The molecule has 2 aromatic heterocycles. The molecule has 0 saturated heterocycles. The van der Waals surface area contributed by atoms with Crippen molar-refractivity contribution in [2.75, 3.05) is 31.4 Å². The van der Waals surface area contributed by atoms with Gasteiger partial charge in [-0.05, 0) is 23.8 Å². The minimum absolute atomic E-state index is 0.0393. The second kappa shape index (κ2) is 13.4. The molecule has 2 heterocycles. The number of halogens is 3. The van der Waals surface area contributed by atoms with Gasteiger partial charge in [0.15, 0.2) is 6.29 Å². The number of quaternary nitrogens is 1. The van der Waals surface area contributed by atoms with Crippen LogP contribution >= 0.6 is 23.2 Å². The molecule has 41 heavy (non-hydrogen) atoms. The first-order valence-electron chi connectivity index (χ1n) is 12.4. The Kier molecular flexibility index (Phi) is 10.5. The number of pyridine rings is 1. The number of ether oxygens (including phenoxy) is 1. The maximum atomic E-state index is 14.8. The smallest absolute Gasteiger partial charge is 0.281 e. The molecule has 220 valence electrons. The minimum Gasteiger partial charge on any atom is -0.477 e. The maximum absolute atomic E-state index is 14.8. The summed E-state index contributed by atoms with van der Waals surface area (Å²) in [7, 11) is 6.53. The van der Waals surface area contributed by atoms with E-state index in [1.54, 1.807) is 24.3 Å². The first-order chi connectivity index (χ1) is 19.2. The Bertz CT molecular complexity index is 1530. The molecule has 0 bridgehead atoms. The molecular formula is C27H33Cl2FN7O4+. The van der Waals surface area contributed by atoms with Gasteiger partial charge in [-0.3, -0.25) is 15.5 Å². The number of hydrogen-bond acceptors (Lipinski definition) is 9. The summed E-state index contributed by atoms with van der Waals surface area (Å²) < 4.78 is 21.5. The molecule has 1 atom stereocenters. The van der Waals surface area contributed by atoms with E-state index in [1.165, 1.54) is 49.3 Å². The lowest BCUT2D eigenvalue weighted by atomic mass is 9.89. The van der Waals surface area contributed by atoms with Crippen LogP contribution in [-0.4, -0.2) is 58.0 Å². The molecule has 1 aromatic carbocycles. The highest BCUT2D eigenvalue weighted by Crippen LogP contribution is 2.33. The van der Waals surface area contributed by atoms with Gasteiger partial charge < -0.3 is 29.7 Å². The lowest BCUT2D eigenvalue weighted by Crippen LogP contribution is -2.78. The Morgan fingerprint density at radius 3 is 2.49 bits per heavy atom. The highest BCUT2D eigenvalue weighted by Gasteiger charge is 2.33. The summed E-state index contributed by atoms with van der Waals surface area (Å²) in [6.45, 7) is 3.67. The van der Waals surface area contributed by atoms with Crippen LogP contribution < -0.4 is 25.8 Å². The highest BCUT2D eigenvalue weighted by molar-refractivity contribution is 6.31. The van der Waals surface area contributed by atoms with Crippen LogP contribution in [0, 0.1) is 17.1 Å². The monoisotopic (exact) mass is 608 g/mol. The third kappa shape index (κ3) is 7.40. The van der Waals surface area contributed by atoms with E-state index in [1.807, 2.05) is 13.8 Å². The first-order valence-corrected chi connectivity index (χ1v) is 13.2. The number of methoxy groups -OCH3 is 1. The second-order valence-electron chi connectivity index (χ2n) is 9.72. The van der Waals surface area contributed by atoms with E-state index < -0.39 is 29.4 Å². The van der Waals surface area contributed by atoms with Gasteiger partial charge in [-0.1, -0.05) is 43.1 Å². The Labute approximate surface area is 246 Å². The van der Waals surface area contributed by atoms with Crippen molar-refractivity contribution in [1.82, 2.24) is 14.5 Å². The summed E-state index contributed by atoms with van der Waals surface area (Å²) in [6.07, 6.45) is 0.765. The van der Waals surface area contributed by atoms with E-state index in [0.717, 1.165) is 6.07 Å². The van der Waals surface area contributed by atoms with Crippen molar-refractivity contribution >= 4 is 46.2 Å². The SMILES string of the molecule is COc1nc(N(C)C)ncc1[NH2+]C(=C(C(=N)C(O)O)C(Nc1cc(Cl)cn(C)c1=O)c1ccc(Cl)c(F)c1)C(C)C. The van der Waals surface area contributed by atoms with Crippen LogP contribution in [0.2, 0.25) is 10.0 Å². The normalized spacial score (nSPS) is 12.8. The van der Waals surface area contributed by atoms with Crippen LogP contribution in [-0.2, 0) is 7.05 Å². The molecule has 0 spiro atoms. The summed E-state index contributed by atoms with van der Waals surface area (Å²) in [6, 6.07) is 4.27. The lowest BCUT2D eigenvalue weighted by molar-refractivity contribution is -0.526. The van der Waals surface area contributed by atoms with Crippen LogP contribution in [0.15, 0.2) is 52.7 Å². The molecule has 0 fully saturated rings. The Morgan fingerprint density at radius 2 is 1.93 bits per heavy atom. The number of nitrogens with two attached hydrogens (primary N) is 1. The van der Waals surface area contributed by atoms with Crippen LogP contribution in [0.4, 0.5) is 21.7 Å². The second-order valence-corrected chi connectivity index (χ2v) is 10.6. The molecule has 0 aliphatic carbocycles. The van der Waals surface area contributed by atoms with Crippen molar-refractivity contribution in [2.24, 2.45) is 13.0 Å². The number of allylic oxidation sites excluding steroid dienone is 1. The number of nitrogens with zero attached hydrogens (tertiary/aromatic N) is 4. The predicted molar refractivity (Wildman–Crippen MR) is 157 cm³/mol. The zero-order valence-corrected chi connectivity index (χ0v) is 24.9. The van der Waals surface area contributed by atoms with Gasteiger partial charge in [0.25, 0.3) is 11.4 Å². The van der Waals surface area contributed by atoms with Gasteiger partial charge in [-0.25, -0.2) is 9.37 Å². The summed E-state index contributed by atoms with van der Waals surface area (Å²) in [4.78, 5) is 23.5. The van der Waals surface area contributed by atoms with Crippen molar-refractivity contribution in [1.29, 1.82) is 5.41 Å². The van der Waals surface area contributed by atoms with E-state index in [9.17, 15) is 19.4 Å². The summed E-state index contributed by atoms with van der Waals surface area (Å²) in [5.41, 5.74) is 0.214. The van der Waals surface area contributed by atoms with Crippen molar-refractivity contribution in [3.05, 3.63) is 79.7 Å². The van der Waals surface area contributed by atoms with Gasteiger partial charge in [0, 0.05) is 33.3 Å². The van der Waals surface area contributed by atoms with Crippen LogP contribution in [0.5, 0.6) is 5.88 Å². The minimum atomic E-state index is -2.20. The van der Waals surface area contributed by atoms with Crippen molar-refractivity contribution in [2.45, 2.75) is 26.2 Å². The molecule has 3 aromatic rings. The molecule has 3 rings (SSSR count). The summed E-state index contributed by atoms with van der Waals surface area (Å²) >= 11 is 12.2. The van der Waals surface area contributed by atoms with Crippen molar-refractivity contribution < 1.29 is 24.7 Å². The molecule has 0 saturated carbocycles. The van der Waals surface area contributed by atoms with Gasteiger partial charge in [-0.15, -0.1) is 0 Å². The summed E-state index contributed by atoms with van der Waals surface area (Å²) in [5.74, 6) is -0.426. The van der Waals surface area contributed by atoms with E-state index >= 15 is 0 Å². The number of anilines is 2. The van der Waals surface area contributed by atoms with Crippen LogP contribution in [0.25, 0.3) is 0 Å². The maximum Gasteiger partial charge on any atom is 0.281 e.